The van der Waals surface area contributed by atoms with Crippen molar-refractivity contribution in [3.05, 3.63) is 23.9 Å². The molecule has 0 spiro atoms. The van der Waals surface area contributed by atoms with Gasteiger partial charge in [0.05, 0.1) is 0 Å². The van der Waals surface area contributed by atoms with E-state index in [9.17, 15) is 0 Å². The van der Waals surface area contributed by atoms with Gasteiger partial charge in [0.2, 0.25) is 0 Å². The molecule has 0 atom stereocenters. The van der Waals surface area contributed by atoms with Crippen LogP contribution in [0.2, 0.25) is 0 Å². The number of hydrogen-bond donors (Lipinski definition) is 0. The van der Waals surface area contributed by atoms with Crippen LogP contribution in [0.4, 0.5) is 0 Å². The predicted octanol–water partition coefficient (Wildman–Crippen LogP) is 4.36. The lowest BCUT2D eigenvalue weighted by Crippen LogP contribution is -2.08. The van der Waals surface area contributed by atoms with E-state index in [0.29, 0.717) is 5.41 Å². The summed E-state index contributed by atoms with van der Waals surface area (Å²) in [5.74, 6) is 0. The van der Waals surface area contributed by atoms with Crippen LogP contribution < -0.4 is 0 Å². The average molecular weight is 193 g/mol. The van der Waals surface area contributed by atoms with E-state index in [4.69, 9.17) is 0 Å². The molecule has 0 unspecified atom stereocenters. The van der Waals surface area contributed by atoms with Crippen LogP contribution in [0, 0.1) is 5.41 Å². The molecule has 0 saturated heterocycles. The zero-order valence-corrected chi connectivity index (χ0v) is 10.0. The summed E-state index contributed by atoms with van der Waals surface area (Å²) in [5.41, 5.74) is 1.44. The third kappa shape index (κ3) is 6.64. The summed E-state index contributed by atoms with van der Waals surface area (Å²) in [7, 11) is 0. The van der Waals surface area contributed by atoms with Gasteiger partial charge in [0.15, 0.2) is 0 Å². The third-order valence-electron chi connectivity index (χ3n) is 2.67. The first-order valence-corrected chi connectivity index (χ1v) is 5.32. The monoisotopic (exact) mass is 193 g/mol. The second kappa shape index (κ2) is 6.58. The molecule has 80 valence electrons. The molecule has 1 heteroatoms. The number of aliphatic imine (C=N–C) groups is 1. The normalized spacial score (nSPS) is 13.6. The van der Waals surface area contributed by atoms with Crippen molar-refractivity contribution in [2.24, 2.45) is 10.4 Å². The van der Waals surface area contributed by atoms with E-state index in [0.717, 1.165) is 12.1 Å². The van der Waals surface area contributed by atoms with Gasteiger partial charge < -0.3 is 0 Å². The zero-order chi connectivity index (χ0) is 11.0. The van der Waals surface area contributed by atoms with Crippen LogP contribution in [0.5, 0.6) is 0 Å². The molecule has 0 heterocycles. The first-order valence-electron chi connectivity index (χ1n) is 5.32. The number of rotatable bonds is 6. The van der Waals surface area contributed by atoms with Gasteiger partial charge in [0, 0.05) is 5.70 Å². The Morgan fingerprint density at radius 2 is 2.07 bits per heavy atom. The molecule has 0 saturated carbocycles. The molecule has 0 aliphatic heterocycles. The predicted molar refractivity (Wildman–Crippen MR) is 65.8 cm³/mol. The van der Waals surface area contributed by atoms with Gasteiger partial charge in [-0.2, -0.15) is 0 Å². The van der Waals surface area contributed by atoms with E-state index in [1.165, 1.54) is 12.8 Å². The first kappa shape index (κ1) is 13.2. The van der Waals surface area contributed by atoms with Crippen LogP contribution in [0.3, 0.4) is 0 Å². The largest absolute Gasteiger partial charge is 0.269 e. The summed E-state index contributed by atoms with van der Waals surface area (Å²) in [6.45, 7) is 12.3. The molecule has 0 amide bonds. The van der Waals surface area contributed by atoms with Gasteiger partial charge in [-0.3, -0.25) is 4.99 Å². The molecule has 0 aromatic carbocycles. The van der Waals surface area contributed by atoms with E-state index in [-0.39, 0.29) is 0 Å². The molecule has 1 nitrogen and oxygen atoms in total. The molecular formula is C13H23N. The Morgan fingerprint density at radius 3 is 2.57 bits per heavy atom. The minimum Gasteiger partial charge on any atom is -0.269 e. The standard InChI is InChI=1S/C13H23N/c1-6-13(3,4)11-9-7-8-10-12(2)14-5/h7-8,10H,5-6,9,11H2,1-4H3/b8-7-,12-10-. The van der Waals surface area contributed by atoms with Crippen molar-refractivity contribution < 1.29 is 0 Å². The Labute approximate surface area is 88.6 Å². The van der Waals surface area contributed by atoms with Gasteiger partial charge in [-0.15, -0.1) is 0 Å². The van der Waals surface area contributed by atoms with Crippen LogP contribution in [-0.4, -0.2) is 6.72 Å². The van der Waals surface area contributed by atoms with E-state index in [1.54, 1.807) is 0 Å². The second-order valence-electron chi connectivity index (χ2n) is 4.45. The van der Waals surface area contributed by atoms with Crippen molar-refractivity contribution in [1.29, 1.82) is 0 Å². The fourth-order valence-electron chi connectivity index (χ4n) is 1.01. The van der Waals surface area contributed by atoms with Gasteiger partial charge in [0.25, 0.3) is 0 Å². The maximum atomic E-state index is 3.81. The molecule has 0 aliphatic carbocycles. The molecule has 0 N–H and O–H groups in total. The fourth-order valence-corrected chi connectivity index (χ4v) is 1.01. The maximum Gasteiger partial charge on any atom is 0.0365 e. The molecule has 0 aromatic heterocycles. The number of allylic oxidation sites excluding steroid dienone is 4. The van der Waals surface area contributed by atoms with Crippen molar-refractivity contribution in [1.82, 2.24) is 0 Å². The van der Waals surface area contributed by atoms with Gasteiger partial charge in [-0.05, 0) is 38.0 Å². The Morgan fingerprint density at radius 1 is 1.43 bits per heavy atom. The quantitative estimate of drug-likeness (QED) is 0.439. The van der Waals surface area contributed by atoms with Crippen molar-refractivity contribution in [3.63, 3.8) is 0 Å². The van der Waals surface area contributed by atoms with E-state index in [2.05, 4.69) is 44.6 Å². The van der Waals surface area contributed by atoms with Crippen molar-refractivity contribution in [2.75, 3.05) is 0 Å². The highest BCUT2D eigenvalue weighted by Crippen LogP contribution is 2.25. The molecule has 0 aromatic rings. The second-order valence-corrected chi connectivity index (χ2v) is 4.45. The van der Waals surface area contributed by atoms with Gasteiger partial charge in [0.1, 0.15) is 0 Å². The lowest BCUT2D eigenvalue weighted by atomic mass is 9.85. The van der Waals surface area contributed by atoms with E-state index >= 15 is 0 Å². The van der Waals surface area contributed by atoms with E-state index < -0.39 is 0 Å². The minimum atomic E-state index is 0.472. The topological polar surface area (TPSA) is 12.4 Å². The Bertz CT molecular complexity index is 221. The SMILES string of the molecule is C=N/C(C)=C\C=C/CCC(C)(C)CC. The molecule has 0 radical (unpaired) electrons. The lowest BCUT2D eigenvalue weighted by molar-refractivity contribution is 0.325. The Balaban J connectivity index is 3.80. The highest BCUT2D eigenvalue weighted by atomic mass is 14.7. The van der Waals surface area contributed by atoms with Crippen molar-refractivity contribution in [2.45, 2.75) is 47.0 Å². The Kier molecular flexibility index (Phi) is 6.18. The smallest absolute Gasteiger partial charge is 0.0365 e. The zero-order valence-electron chi connectivity index (χ0n) is 10.0. The summed E-state index contributed by atoms with van der Waals surface area (Å²) < 4.78 is 0. The third-order valence-corrected chi connectivity index (χ3v) is 2.67. The van der Waals surface area contributed by atoms with Crippen molar-refractivity contribution >= 4 is 6.72 Å². The fraction of sp³-hybridized carbons (Fsp3) is 0.615. The van der Waals surface area contributed by atoms with Crippen LogP contribution in [0.1, 0.15) is 47.0 Å². The van der Waals surface area contributed by atoms with Crippen LogP contribution in [0.15, 0.2) is 28.9 Å². The molecular weight excluding hydrogens is 170 g/mol. The average Bonchev–Trinajstić information content (AvgIpc) is 2.17. The summed E-state index contributed by atoms with van der Waals surface area (Å²) in [6, 6.07) is 0. The number of nitrogens with zero attached hydrogens (tertiary/aromatic N) is 1. The van der Waals surface area contributed by atoms with Gasteiger partial charge >= 0.3 is 0 Å². The molecule has 0 rings (SSSR count). The van der Waals surface area contributed by atoms with Crippen LogP contribution >= 0.6 is 0 Å². The highest BCUT2D eigenvalue weighted by Gasteiger charge is 2.12. The maximum absolute atomic E-state index is 3.81. The summed E-state index contributed by atoms with van der Waals surface area (Å²) in [4.78, 5) is 3.81. The highest BCUT2D eigenvalue weighted by molar-refractivity contribution is 5.29. The molecule has 14 heavy (non-hydrogen) atoms. The van der Waals surface area contributed by atoms with E-state index in [1.807, 2.05) is 13.0 Å². The lowest BCUT2D eigenvalue weighted by Gasteiger charge is -2.21. The Hall–Kier alpha value is -0.850. The molecule has 0 aliphatic rings. The van der Waals surface area contributed by atoms with Gasteiger partial charge in [-0.25, -0.2) is 0 Å². The minimum absolute atomic E-state index is 0.472. The molecule has 0 bridgehead atoms. The van der Waals surface area contributed by atoms with Gasteiger partial charge in [-0.1, -0.05) is 39.3 Å². The molecule has 0 fully saturated rings. The summed E-state index contributed by atoms with van der Waals surface area (Å²) in [5, 5.41) is 0. The summed E-state index contributed by atoms with van der Waals surface area (Å²) >= 11 is 0. The first-order chi connectivity index (χ1) is 6.52. The van der Waals surface area contributed by atoms with Crippen molar-refractivity contribution in [3.8, 4) is 0 Å². The van der Waals surface area contributed by atoms with Crippen LogP contribution in [-0.2, 0) is 0 Å². The summed E-state index contributed by atoms with van der Waals surface area (Å²) in [6.07, 6.45) is 9.88. The van der Waals surface area contributed by atoms with Crippen LogP contribution in [0.25, 0.3) is 0 Å². The number of hydrogen-bond acceptors (Lipinski definition) is 1.